The van der Waals surface area contributed by atoms with Crippen LogP contribution in [0.25, 0.3) is 0 Å². The summed E-state index contributed by atoms with van der Waals surface area (Å²) in [6, 6.07) is 1.55. The lowest BCUT2D eigenvalue weighted by Crippen LogP contribution is -2.49. The maximum atomic E-state index is 3.53. The molecule has 1 unspecified atom stereocenters. The zero-order valence-electron chi connectivity index (χ0n) is 13.5. The van der Waals surface area contributed by atoms with Gasteiger partial charge in [-0.05, 0) is 63.6 Å². The van der Waals surface area contributed by atoms with Gasteiger partial charge in [-0.25, -0.2) is 0 Å². The first kappa shape index (κ1) is 15.3. The third-order valence-electron chi connectivity index (χ3n) is 5.46. The zero-order chi connectivity index (χ0) is 13.9. The Labute approximate surface area is 120 Å². The maximum absolute atomic E-state index is 3.53. The molecule has 2 fully saturated rings. The Morgan fingerprint density at radius 2 is 1.79 bits per heavy atom. The minimum absolute atomic E-state index is 0.372. The lowest BCUT2D eigenvalue weighted by atomic mass is 9.78. The van der Waals surface area contributed by atoms with Crippen molar-refractivity contribution < 1.29 is 0 Å². The normalized spacial score (nSPS) is 30.9. The summed E-state index contributed by atoms with van der Waals surface area (Å²) in [5, 5.41) is 3.53. The van der Waals surface area contributed by atoms with Crippen molar-refractivity contribution in [2.75, 3.05) is 20.1 Å². The van der Waals surface area contributed by atoms with Crippen LogP contribution in [0.1, 0.15) is 65.7 Å². The van der Waals surface area contributed by atoms with Gasteiger partial charge in [-0.1, -0.05) is 33.6 Å². The van der Waals surface area contributed by atoms with Gasteiger partial charge in [0.1, 0.15) is 0 Å². The Morgan fingerprint density at radius 1 is 1.11 bits per heavy atom. The topological polar surface area (TPSA) is 15.3 Å². The number of hydrogen-bond donors (Lipinski definition) is 1. The van der Waals surface area contributed by atoms with Gasteiger partial charge in [0.2, 0.25) is 0 Å². The van der Waals surface area contributed by atoms with E-state index in [0.717, 1.165) is 12.0 Å². The van der Waals surface area contributed by atoms with E-state index in [4.69, 9.17) is 0 Å². The highest BCUT2D eigenvalue weighted by atomic mass is 15.2. The summed E-state index contributed by atoms with van der Waals surface area (Å²) in [6.45, 7) is 9.71. The molecular weight excluding hydrogens is 232 g/mol. The molecule has 1 saturated heterocycles. The van der Waals surface area contributed by atoms with Gasteiger partial charge in [-0.3, -0.25) is 0 Å². The smallest absolute Gasteiger partial charge is 0.0125 e. The number of rotatable bonds is 4. The van der Waals surface area contributed by atoms with Gasteiger partial charge in [-0.15, -0.1) is 0 Å². The van der Waals surface area contributed by atoms with Crippen LogP contribution in [0.4, 0.5) is 0 Å². The van der Waals surface area contributed by atoms with E-state index >= 15 is 0 Å². The van der Waals surface area contributed by atoms with Crippen LogP contribution in [0, 0.1) is 11.3 Å². The molecule has 112 valence electrons. The van der Waals surface area contributed by atoms with Gasteiger partial charge in [0.25, 0.3) is 0 Å². The molecule has 0 spiro atoms. The molecule has 1 aliphatic carbocycles. The molecule has 19 heavy (non-hydrogen) atoms. The SMILES string of the molecule is CNC(CCN1CCC[C@H]2CCCC[C@H]21)C(C)(C)C. The average Bonchev–Trinajstić information content (AvgIpc) is 2.38. The van der Waals surface area contributed by atoms with Gasteiger partial charge in [0, 0.05) is 12.1 Å². The van der Waals surface area contributed by atoms with Crippen molar-refractivity contribution >= 4 is 0 Å². The number of nitrogens with one attached hydrogen (secondary N) is 1. The van der Waals surface area contributed by atoms with E-state index in [1.54, 1.807) is 0 Å². The third-order valence-corrected chi connectivity index (χ3v) is 5.46. The standard InChI is InChI=1S/C17H34N2/c1-17(2,3)16(18-4)11-13-19-12-7-9-14-8-5-6-10-15(14)19/h14-16,18H,5-13H2,1-4H3/t14-,15-,16?/m1/s1. The van der Waals surface area contributed by atoms with E-state index in [9.17, 15) is 0 Å². The summed E-state index contributed by atoms with van der Waals surface area (Å²) in [5.74, 6) is 1.02. The van der Waals surface area contributed by atoms with Crippen molar-refractivity contribution in [1.29, 1.82) is 0 Å². The van der Waals surface area contributed by atoms with Crippen LogP contribution in [0.15, 0.2) is 0 Å². The minimum atomic E-state index is 0.372. The second-order valence-corrected chi connectivity index (χ2v) is 7.79. The Kier molecular flexibility index (Phi) is 5.30. The summed E-state index contributed by atoms with van der Waals surface area (Å²) in [6.07, 6.45) is 10.1. The summed E-state index contributed by atoms with van der Waals surface area (Å²) in [4.78, 5) is 2.82. The van der Waals surface area contributed by atoms with Crippen molar-refractivity contribution in [3.05, 3.63) is 0 Å². The quantitative estimate of drug-likeness (QED) is 0.835. The minimum Gasteiger partial charge on any atom is -0.316 e. The lowest BCUT2D eigenvalue weighted by molar-refractivity contribution is 0.0539. The summed E-state index contributed by atoms with van der Waals surface area (Å²) >= 11 is 0. The second kappa shape index (κ2) is 6.58. The molecule has 0 aromatic carbocycles. The number of piperidine rings is 1. The fourth-order valence-electron chi connectivity index (χ4n) is 4.31. The fraction of sp³-hybridized carbons (Fsp3) is 1.00. The molecule has 2 rings (SSSR count). The first-order chi connectivity index (χ1) is 9.02. The molecule has 1 heterocycles. The fourth-order valence-corrected chi connectivity index (χ4v) is 4.31. The predicted molar refractivity (Wildman–Crippen MR) is 83.5 cm³/mol. The van der Waals surface area contributed by atoms with Crippen LogP contribution in [-0.4, -0.2) is 37.1 Å². The molecule has 0 aromatic heterocycles. The van der Waals surface area contributed by atoms with Crippen LogP contribution >= 0.6 is 0 Å². The van der Waals surface area contributed by atoms with Gasteiger partial charge in [0.15, 0.2) is 0 Å². The molecule has 0 radical (unpaired) electrons. The Balaban J connectivity index is 1.87. The van der Waals surface area contributed by atoms with Crippen LogP contribution in [0.5, 0.6) is 0 Å². The largest absolute Gasteiger partial charge is 0.316 e. The number of fused-ring (bicyclic) bond motifs is 1. The van der Waals surface area contributed by atoms with E-state index in [-0.39, 0.29) is 0 Å². The summed E-state index contributed by atoms with van der Waals surface area (Å²) in [7, 11) is 2.12. The van der Waals surface area contributed by atoms with Crippen molar-refractivity contribution in [2.24, 2.45) is 11.3 Å². The van der Waals surface area contributed by atoms with E-state index in [0.29, 0.717) is 11.5 Å². The van der Waals surface area contributed by atoms with E-state index in [1.165, 1.54) is 58.0 Å². The monoisotopic (exact) mass is 266 g/mol. The molecule has 0 aromatic rings. The number of likely N-dealkylation sites (tertiary alicyclic amines) is 1. The first-order valence-electron chi connectivity index (χ1n) is 8.43. The number of nitrogens with zero attached hydrogens (tertiary/aromatic N) is 1. The van der Waals surface area contributed by atoms with Gasteiger partial charge in [0.05, 0.1) is 0 Å². The van der Waals surface area contributed by atoms with Crippen molar-refractivity contribution in [2.45, 2.75) is 77.8 Å². The van der Waals surface area contributed by atoms with E-state index < -0.39 is 0 Å². The van der Waals surface area contributed by atoms with E-state index in [2.05, 4.69) is 38.0 Å². The van der Waals surface area contributed by atoms with Crippen molar-refractivity contribution in [3.63, 3.8) is 0 Å². The molecule has 3 atom stereocenters. The van der Waals surface area contributed by atoms with Gasteiger partial charge < -0.3 is 10.2 Å². The molecule has 1 saturated carbocycles. The lowest BCUT2D eigenvalue weighted by Gasteiger charge is -2.45. The van der Waals surface area contributed by atoms with E-state index in [1.807, 2.05) is 0 Å². The van der Waals surface area contributed by atoms with Crippen molar-refractivity contribution in [3.8, 4) is 0 Å². The third kappa shape index (κ3) is 3.95. The molecule has 0 bridgehead atoms. The molecule has 2 nitrogen and oxygen atoms in total. The number of hydrogen-bond acceptors (Lipinski definition) is 2. The molecule has 2 heteroatoms. The maximum Gasteiger partial charge on any atom is 0.0125 e. The Hall–Kier alpha value is -0.0800. The highest BCUT2D eigenvalue weighted by Crippen LogP contribution is 2.35. The summed E-state index contributed by atoms with van der Waals surface area (Å²) in [5.41, 5.74) is 0.372. The van der Waals surface area contributed by atoms with Crippen LogP contribution < -0.4 is 5.32 Å². The predicted octanol–water partition coefficient (Wildman–Crippen LogP) is 3.67. The Bertz CT molecular complexity index is 267. The van der Waals surface area contributed by atoms with Crippen LogP contribution in [0.2, 0.25) is 0 Å². The first-order valence-corrected chi connectivity index (χ1v) is 8.43. The second-order valence-electron chi connectivity index (χ2n) is 7.79. The Morgan fingerprint density at radius 3 is 2.47 bits per heavy atom. The van der Waals surface area contributed by atoms with Crippen molar-refractivity contribution in [1.82, 2.24) is 10.2 Å². The average molecular weight is 266 g/mol. The molecule has 1 aliphatic heterocycles. The molecule has 1 N–H and O–H groups in total. The molecule has 0 amide bonds. The van der Waals surface area contributed by atoms with Gasteiger partial charge in [-0.2, -0.15) is 0 Å². The van der Waals surface area contributed by atoms with Crippen LogP contribution in [0.3, 0.4) is 0 Å². The molecule has 2 aliphatic rings. The highest BCUT2D eigenvalue weighted by molar-refractivity contribution is 4.89. The zero-order valence-corrected chi connectivity index (χ0v) is 13.5. The molecular formula is C17H34N2. The highest BCUT2D eigenvalue weighted by Gasteiger charge is 2.33. The summed E-state index contributed by atoms with van der Waals surface area (Å²) < 4.78 is 0. The van der Waals surface area contributed by atoms with Crippen LogP contribution in [-0.2, 0) is 0 Å². The van der Waals surface area contributed by atoms with Gasteiger partial charge >= 0.3 is 0 Å².